The molecule has 1 heterocycles. The molecule has 0 radical (unpaired) electrons. The predicted octanol–water partition coefficient (Wildman–Crippen LogP) is 1.56. The van der Waals surface area contributed by atoms with Crippen LogP contribution in [0.1, 0.15) is 26.7 Å². The lowest BCUT2D eigenvalue weighted by Gasteiger charge is -2.34. The largest absolute Gasteiger partial charge is 0.382 e. The zero-order valence-electron chi connectivity index (χ0n) is 13.3. The number of piperidine rings is 1. The molecule has 0 aromatic carbocycles. The Morgan fingerprint density at radius 3 is 2.00 bits per heavy atom. The van der Waals surface area contributed by atoms with Crippen LogP contribution in [0.15, 0.2) is 0 Å². The van der Waals surface area contributed by atoms with Gasteiger partial charge < -0.3 is 23.8 Å². The van der Waals surface area contributed by atoms with Gasteiger partial charge in [-0.2, -0.15) is 0 Å². The number of likely N-dealkylation sites (tertiary alicyclic amines) is 1. The average Bonchev–Trinajstić information content (AvgIpc) is 2.46. The third-order valence-electron chi connectivity index (χ3n) is 3.59. The zero-order valence-corrected chi connectivity index (χ0v) is 13.3. The summed E-state index contributed by atoms with van der Waals surface area (Å²) in [4.78, 5) is 2.51. The van der Waals surface area contributed by atoms with E-state index in [-0.39, 0.29) is 0 Å². The maximum Gasteiger partial charge on any atom is 0.0704 e. The van der Waals surface area contributed by atoms with Crippen LogP contribution in [0.25, 0.3) is 0 Å². The van der Waals surface area contributed by atoms with Gasteiger partial charge >= 0.3 is 0 Å². The van der Waals surface area contributed by atoms with Crippen molar-refractivity contribution in [3.63, 3.8) is 0 Å². The van der Waals surface area contributed by atoms with Crippen molar-refractivity contribution < 1.29 is 18.9 Å². The summed E-state index contributed by atoms with van der Waals surface area (Å²) in [5.74, 6) is 0. The molecule has 0 unspecified atom stereocenters. The number of hydrogen-bond acceptors (Lipinski definition) is 5. The van der Waals surface area contributed by atoms with Gasteiger partial charge in [0.25, 0.3) is 0 Å². The SMILES string of the molecule is COCCOCCOCCOC1CCN(C(C)C)CC1. The summed E-state index contributed by atoms with van der Waals surface area (Å²) >= 11 is 0. The Kier molecular flexibility index (Phi) is 10.2. The fraction of sp³-hybridized carbons (Fsp3) is 1.00. The highest BCUT2D eigenvalue weighted by Gasteiger charge is 2.20. The molecule has 20 heavy (non-hydrogen) atoms. The van der Waals surface area contributed by atoms with Gasteiger partial charge in [-0.25, -0.2) is 0 Å². The topological polar surface area (TPSA) is 40.2 Å². The molecule has 1 rings (SSSR count). The molecule has 1 aliphatic rings. The monoisotopic (exact) mass is 289 g/mol. The Hall–Kier alpha value is -0.200. The highest BCUT2D eigenvalue weighted by molar-refractivity contribution is 4.74. The molecular formula is C15H31NO4. The lowest BCUT2D eigenvalue weighted by Crippen LogP contribution is -2.41. The maximum absolute atomic E-state index is 5.84. The van der Waals surface area contributed by atoms with Gasteiger partial charge in [0.05, 0.1) is 45.7 Å². The van der Waals surface area contributed by atoms with Crippen LogP contribution in [0.2, 0.25) is 0 Å². The van der Waals surface area contributed by atoms with Crippen molar-refractivity contribution in [2.75, 3.05) is 59.8 Å². The van der Waals surface area contributed by atoms with Crippen molar-refractivity contribution in [3.8, 4) is 0 Å². The lowest BCUT2D eigenvalue weighted by atomic mass is 10.1. The summed E-state index contributed by atoms with van der Waals surface area (Å²) in [7, 11) is 1.67. The summed E-state index contributed by atoms with van der Waals surface area (Å²) in [5.41, 5.74) is 0. The van der Waals surface area contributed by atoms with E-state index in [9.17, 15) is 0 Å². The van der Waals surface area contributed by atoms with E-state index in [0.717, 1.165) is 25.9 Å². The molecule has 120 valence electrons. The first-order valence-electron chi connectivity index (χ1n) is 7.74. The van der Waals surface area contributed by atoms with Gasteiger partial charge in [-0.1, -0.05) is 0 Å². The molecule has 0 N–H and O–H groups in total. The number of nitrogens with zero attached hydrogens (tertiary/aromatic N) is 1. The van der Waals surface area contributed by atoms with Crippen LogP contribution in [0, 0.1) is 0 Å². The smallest absolute Gasteiger partial charge is 0.0704 e. The molecule has 1 fully saturated rings. The minimum Gasteiger partial charge on any atom is -0.382 e. The minimum absolute atomic E-state index is 0.409. The Morgan fingerprint density at radius 1 is 0.900 bits per heavy atom. The summed E-state index contributed by atoms with van der Waals surface area (Å²) in [6, 6.07) is 0.650. The molecule has 0 spiro atoms. The average molecular weight is 289 g/mol. The number of ether oxygens (including phenoxy) is 4. The van der Waals surface area contributed by atoms with E-state index in [2.05, 4.69) is 18.7 Å². The van der Waals surface area contributed by atoms with Crippen molar-refractivity contribution in [3.05, 3.63) is 0 Å². The van der Waals surface area contributed by atoms with Gasteiger partial charge in [0.1, 0.15) is 0 Å². The number of methoxy groups -OCH3 is 1. The van der Waals surface area contributed by atoms with Crippen LogP contribution in [-0.2, 0) is 18.9 Å². The highest BCUT2D eigenvalue weighted by Crippen LogP contribution is 2.15. The highest BCUT2D eigenvalue weighted by atomic mass is 16.6. The van der Waals surface area contributed by atoms with Gasteiger partial charge in [0.15, 0.2) is 0 Å². The summed E-state index contributed by atoms with van der Waals surface area (Å²) in [6.07, 6.45) is 2.68. The second-order valence-electron chi connectivity index (χ2n) is 5.42. The second-order valence-corrected chi connectivity index (χ2v) is 5.42. The van der Waals surface area contributed by atoms with Crippen molar-refractivity contribution in [2.24, 2.45) is 0 Å². The molecule has 5 heteroatoms. The van der Waals surface area contributed by atoms with E-state index in [4.69, 9.17) is 18.9 Å². The summed E-state index contributed by atoms with van der Waals surface area (Å²) in [5, 5.41) is 0. The minimum atomic E-state index is 0.409. The number of rotatable bonds is 11. The van der Waals surface area contributed by atoms with Crippen LogP contribution in [0.5, 0.6) is 0 Å². The quantitative estimate of drug-likeness (QED) is 0.540. The molecule has 0 amide bonds. The Bertz CT molecular complexity index is 218. The van der Waals surface area contributed by atoms with Crippen LogP contribution in [-0.4, -0.2) is 76.9 Å². The standard InChI is InChI=1S/C15H31NO4/c1-14(2)16-6-4-15(5-7-16)20-13-12-19-11-10-18-9-8-17-3/h14-15H,4-13H2,1-3H3. The summed E-state index contributed by atoms with van der Waals surface area (Å²) < 4.78 is 21.5. The number of hydrogen-bond donors (Lipinski definition) is 0. The first kappa shape index (κ1) is 17.9. The Balaban J connectivity index is 1.85. The van der Waals surface area contributed by atoms with Gasteiger partial charge in [-0.15, -0.1) is 0 Å². The normalized spacial score (nSPS) is 18.0. The van der Waals surface area contributed by atoms with Crippen LogP contribution < -0.4 is 0 Å². The Morgan fingerprint density at radius 2 is 1.45 bits per heavy atom. The second kappa shape index (κ2) is 11.5. The predicted molar refractivity (Wildman–Crippen MR) is 79.2 cm³/mol. The molecule has 0 aromatic rings. The van der Waals surface area contributed by atoms with Crippen molar-refractivity contribution in [1.29, 1.82) is 0 Å². The van der Waals surface area contributed by atoms with Crippen molar-refractivity contribution in [2.45, 2.75) is 38.8 Å². The van der Waals surface area contributed by atoms with Gasteiger partial charge in [0, 0.05) is 26.2 Å². The van der Waals surface area contributed by atoms with Crippen LogP contribution >= 0.6 is 0 Å². The van der Waals surface area contributed by atoms with Crippen LogP contribution in [0.4, 0.5) is 0 Å². The third-order valence-corrected chi connectivity index (χ3v) is 3.59. The third kappa shape index (κ3) is 8.17. The van der Waals surface area contributed by atoms with Crippen LogP contribution in [0.3, 0.4) is 0 Å². The van der Waals surface area contributed by atoms with Gasteiger partial charge in [-0.3, -0.25) is 0 Å². The molecule has 0 aliphatic carbocycles. The van der Waals surface area contributed by atoms with E-state index in [1.807, 2.05) is 0 Å². The fourth-order valence-corrected chi connectivity index (χ4v) is 2.30. The maximum atomic E-state index is 5.84. The summed E-state index contributed by atoms with van der Waals surface area (Å²) in [6.45, 7) is 10.7. The lowest BCUT2D eigenvalue weighted by molar-refractivity contribution is -0.0360. The molecule has 5 nitrogen and oxygen atoms in total. The molecule has 0 atom stereocenters. The molecule has 1 saturated heterocycles. The van der Waals surface area contributed by atoms with Crippen molar-refractivity contribution >= 4 is 0 Å². The molecule has 0 bridgehead atoms. The Labute approximate surface area is 123 Å². The van der Waals surface area contributed by atoms with Gasteiger partial charge in [-0.05, 0) is 26.7 Å². The zero-order chi connectivity index (χ0) is 14.6. The first-order valence-corrected chi connectivity index (χ1v) is 7.74. The molecule has 0 saturated carbocycles. The molecular weight excluding hydrogens is 258 g/mol. The van der Waals surface area contributed by atoms with E-state index in [1.165, 1.54) is 0 Å². The fourth-order valence-electron chi connectivity index (χ4n) is 2.30. The van der Waals surface area contributed by atoms with Gasteiger partial charge in [0.2, 0.25) is 0 Å². The molecule has 1 aliphatic heterocycles. The van der Waals surface area contributed by atoms with E-state index >= 15 is 0 Å². The van der Waals surface area contributed by atoms with E-state index < -0.39 is 0 Å². The van der Waals surface area contributed by atoms with E-state index in [0.29, 0.717) is 51.8 Å². The first-order chi connectivity index (χ1) is 9.74. The van der Waals surface area contributed by atoms with E-state index in [1.54, 1.807) is 7.11 Å². The van der Waals surface area contributed by atoms with Crippen molar-refractivity contribution in [1.82, 2.24) is 4.90 Å². The molecule has 0 aromatic heterocycles.